The zero-order valence-electron chi connectivity index (χ0n) is 9.45. The van der Waals surface area contributed by atoms with Gasteiger partial charge in [0, 0.05) is 30.6 Å². The third kappa shape index (κ3) is 2.33. The van der Waals surface area contributed by atoms with Crippen LogP contribution in [0.25, 0.3) is 0 Å². The summed E-state index contributed by atoms with van der Waals surface area (Å²) in [6, 6.07) is 5.05. The first-order chi connectivity index (χ1) is 7.70. The van der Waals surface area contributed by atoms with Gasteiger partial charge < -0.3 is 10.6 Å². The van der Waals surface area contributed by atoms with E-state index in [9.17, 15) is 4.39 Å². The van der Waals surface area contributed by atoms with E-state index >= 15 is 0 Å². The smallest absolute Gasteiger partial charge is 0.146 e. The molecule has 16 heavy (non-hydrogen) atoms. The summed E-state index contributed by atoms with van der Waals surface area (Å²) in [5, 5.41) is 0. The molecule has 2 rings (SSSR count). The quantitative estimate of drug-likeness (QED) is 0.860. The molecule has 1 fully saturated rings. The third-order valence-corrected chi connectivity index (χ3v) is 3.78. The summed E-state index contributed by atoms with van der Waals surface area (Å²) in [4.78, 5) is 2.12. The Morgan fingerprint density at radius 3 is 2.69 bits per heavy atom. The van der Waals surface area contributed by atoms with Crippen LogP contribution in [-0.2, 0) is 0 Å². The van der Waals surface area contributed by atoms with E-state index in [1.165, 1.54) is 6.07 Å². The minimum atomic E-state index is -0.151. The van der Waals surface area contributed by atoms with Crippen molar-refractivity contribution in [2.75, 3.05) is 29.5 Å². The molecule has 1 aliphatic rings. The van der Waals surface area contributed by atoms with Crippen LogP contribution in [-0.4, -0.2) is 24.6 Å². The maximum absolute atomic E-state index is 13.9. The predicted molar refractivity (Wildman–Crippen MR) is 68.5 cm³/mol. The van der Waals surface area contributed by atoms with Gasteiger partial charge in [-0.15, -0.1) is 0 Å². The molecule has 2 N–H and O–H groups in total. The molecule has 1 heterocycles. The van der Waals surface area contributed by atoms with Gasteiger partial charge in [-0.1, -0.05) is 12.1 Å². The topological polar surface area (TPSA) is 29.3 Å². The highest BCUT2D eigenvalue weighted by Gasteiger charge is 2.19. The van der Waals surface area contributed by atoms with Crippen LogP contribution in [0.15, 0.2) is 18.2 Å². The fourth-order valence-corrected chi connectivity index (χ4v) is 2.92. The van der Waals surface area contributed by atoms with Gasteiger partial charge in [-0.3, -0.25) is 0 Å². The third-order valence-electron chi connectivity index (χ3n) is 2.84. The fraction of sp³-hybridized carbons (Fsp3) is 0.500. The van der Waals surface area contributed by atoms with Crippen molar-refractivity contribution in [1.82, 2.24) is 0 Å². The SMILES string of the molecule is C[C@H](N)c1cccc(F)c1N1CCSCC1. The second kappa shape index (κ2) is 5.06. The second-order valence-electron chi connectivity index (χ2n) is 4.07. The van der Waals surface area contributed by atoms with Crippen LogP contribution in [0.5, 0.6) is 0 Å². The van der Waals surface area contributed by atoms with Crippen molar-refractivity contribution in [3.8, 4) is 0 Å². The average Bonchev–Trinajstić information content (AvgIpc) is 2.29. The summed E-state index contributed by atoms with van der Waals surface area (Å²) in [5.74, 6) is 1.97. The molecule has 4 heteroatoms. The van der Waals surface area contributed by atoms with E-state index in [4.69, 9.17) is 5.73 Å². The molecule has 2 nitrogen and oxygen atoms in total. The number of nitrogens with two attached hydrogens (primary N) is 1. The van der Waals surface area contributed by atoms with Crippen LogP contribution in [0, 0.1) is 5.82 Å². The molecule has 0 aliphatic carbocycles. The van der Waals surface area contributed by atoms with Gasteiger partial charge in [-0.2, -0.15) is 11.8 Å². The van der Waals surface area contributed by atoms with Gasteiger partial charge in [0.15, 0.2) is 0 Å². The maximum atomic E-state index is 13.9. The van der Waals surface area contributed by atoms with Crippen LogP contribution in [0.2, 0.25) is 0 Å². The van der Waals surface area contributed by atoms with E-state index in [0.29, 0.717) is 5.69 Å². The average molecular weight is 240 g/mol. The first-order valence-electron chi connectivity index (χ1n) is 5.57. The number of nitrogens with zero attached hydrogens (tertiary/aromatic N) is 1. The van der Waals surface area contributed by atoms with Gasteiger partial charge in [-0.05, 0) is 18.6 Å². The van der Waals surface area contributed by atoms with Crippen LogP contribution < -0.4 is 10.6 Å². The van der Waals surface area contributed by atoms with E-state index in [0.717, 1.165) is 30.2 Å². The van der Waals surface area contributed by atoms with E-state index in [1.54, 1.807) is 6.07 Å². The van der Waals surface area contributed by atoms with Crippen molar-refractivity contribution in [2.45, 2.75) is 13.0 Å². The number of anilines is 1. The summed E-state index contributed by atoms with van der Waals surface area (Å²) < 4.78 is 13.9. The van der Waals surface area contributed by atoms with Gasteiger partial charge in [0.25, 0.3) is 0 Å². The van der Waals surface area contributed by atoms with E-state index in [-0.39, 0.29) is 11.9 Å². The molecule has 0 spiro atoms. The Bertz CT molecular complexity index is 362. The lowest BCUT2D eigenvalue weighted by atomic mass is 10.1. The lowest BCUT2D eigenvalue weighted by Crippen LogP contribution is -2.34. The molecule has 0 bridgehead atoms. The van der Waals surface area contributed by atoms with Crippen molar-refractivity contribution >= 4 is 17.4 Å². The number of rotatable bonds is 2. The number of thioether (sulfide) groups is 1. The van der Waals surface area contributed by atoms with Crippen LogP contribution in [0.4, 0.5) is 10.1 Å². The first kappa shape index (κ1) is 11.7. The Balaban J connectivity index is 2.36. The molecule has 0 unspecified atom stereocenters. The van der Waals surface area contributed by atoms with Crippen molar-refractivity contribution in [1.29, 1.82) is 0 Å². The van der Waals surface area contributed by atoms with Gasteiger partial charge in [0.2, 0.25) is 0 Å². The molecular formula is C12H17FN2S. The molecule has 1 saturated heterocycles. The Labute approximate surface area is 100 Å². The van der Waals surface area contributed by atoms with Crippen molar-refractivity contribution in [2.24, 2.45) is 5.73 Å². The van der Waals surface area contributed by atoms with Gasteiger partial charge >= 0.3 is 0 Å². The molecule has 0 aromatic heterocycles. The van der Waals surface area contributed by atoms with Crippen molar-refractivity contribution < 1.29 is 4.39 Å². The van der Waals surface area contributed by atoms with E-state index in [1.807, 2.05) is 24.8 Å². The molecule has 1 atom stereocenters. The van der Waals surface area contributed by atoms with Crippen LogP contribution in [0.1, 0.15) is 18.5 Å². The highest BCUT2D eigenvalue weighted by molar-refractivity contribution is 7.99. The summed E-state index contributed by atoms with van der Waals surface area (Å²) in [6.07, 6.45) is 0. The number of para-hydroxylation sites is 1. The summed E-state index contributed by atoms with van der Waals surface area (Å²) >= 11 is 1.92. The lowest BCUT2D eigenvalue weighted by Gasteiger charge is -2.31. The van der Waals surface area contributed by atoms with E-state index in [2.05, 4.69) is 4.90 Å². The lowest BCUT2D eigenvalue weighted by molar-refractivity contribution is 0.613. The minimum Gasteiger partial charge on any atom is -0.367 e. The molecule has 0 radical (unpaired) electrons. The Morgan fingerprint density at radius 1 is 1.38 bits per heavy atom. The second-order valence-corrected chi connectivity index (χ2v) is 5.29. The highest BCUT2D eigenvalue weighted by Crippen LogP contribution is 2.30. The van der Waals surface area contributed by atoms with Crippen molar-refractivity contribution in [3.63, 3.8) is 0 Å². The molecule has 1 aromatic carbocycles. The zero-order valence-corrected chi connectivity index (χ0v) is 10.3. The number of hydrogen-bond acceptors (Lipinski definition) is 3. The normalized spacial score (nSPS) is 18.6. The van der Waals surface area contributed by atoms with Crippen LogP contribution >= 0.6 is 11.8 Å². The van der Waals surface area contributed by atoms with Crippen molar-refractivity contribution in [3.05, 3.63) is 29.6 Å². The fourth-order valence-electron chi connectivity index (χ4n) is 2.02. The standard InChI is InChI=1S/C12H17FN2S/c1-9(14)10-3-2-4-11(13)12(10)15-5-7-16-8-6-15/h2-4,9H,5-8,14H2,1H3/t9-/m0/s1. The summed E-state index contributed by atoms with van der Waals surface area (Å²) in [5.41, 5.74) is 7.51. The summed E-state index contributed by atoms with van der Waals surface area (Å²) in [6.45, 7) is 3.72. The highest BCUT2D eigenvalue weighted by atomic mass is 32.2. The van der Waals surface area contributed by atoms with Gasteiger partial charge in [-0.25, -0.2) is 4.39 Å². The number of hydrogen-bond donors (Lipinski definition) is 1. The monoisotopic (exact) mass is 240 g/mol. The molecular weight excluding hydrogens is 223 g/mol. The van der Waals surface area contributed by atoms with Crippen LogP contribution in [0.3, 0.4) is 0 Å². The zero-order chi connectivity index (χ0) is 11.5. The minimum absolute atomic E-state index is 0.125. The Morgan fingerprint density at radius 2 is 2.06 bits per heavy atom. The maximum Gasteiger partial charge on any atom is 0.146 e. The van der Waals surface area contributed by atoms with E-state index < -0.39 is 0 Å². The number of halogens is 1. The summed E-state index contributed by atoms with van der Waals surface area (Å²) in [7, 11) is 0. The largest absolute Gasteiger partial charge is 0.367 e. The first-order valence-corrected chi connectivity index (χ1v) is 6.72. The predicted octanol–water partition coefficient (Wildman–Crippen LogP) is 2.40. The Hall–Kier alpha value is -0.740. The molecule has 1 aromatic rings. The van der Waals surface area contributed by atoms with Gasteiger partial charge in [0.05, 0.1) is 5.69 Å². The molecule has 88 valence electrons. The molecule has 0 amide bonds. The number of benzene rings is 1. The Kier molecular flexibility index (Phi) is 3.71. The van der Waals surface area contributed by atoms with Gasteiger partial charge in [0.1, 0.15) is 5.82 Å². The molecule has 1 aliphatic heterocycles. The molecule has 0 saturated carbocycles.